The van der Waals surface area contributed by atoms with E-state index in [1.165, 1.54) is 4.31 Å². The Morgan fingerprint density at radius 2 is 1.97 bits per heavy atom. The van der Waals surface area contributed by atoms with Crippen LogP contribution in [0.2, 0.25) is 0 Å². The molecule has 1 aliphatic heterocycles. The average Bonchev–Trinajstić information content (AvgIpc) is 2.73. The molecule has 1 aliphatic rings. The molecular weight excluding hydrogens is 398 g/mol. The summed E-state index contributed by atoms with van der Waals surface area (Å²) in [6.45, 7) is 6.33. The number of aryl methyl sites for hydroxylation is 1. The molecule has 1 N–H and O–H groups in total. The molecule has 0 atom stereocenters. The van der Waals surface area contributed by atoms with Gasteiger partial charge in [-0.05, 0) is 55.8 Å². The normalized spacial score (nSPS) is 14.0. The lowest BCUT2D eigenvalue weighted by molar-refractivity contribution is 0.360. The highest BCUT2D eigenvalue weighted by Crippen LogP contribution is 2.32. The second kappa shape index (κ2) is 10.3. The van der Waals surface area contributed by atoms with E-state index in [0.717, 1.165) is 37.2 Å². The van der Waals surface area contributed by atoms with Gasteiger partial charge in [0.05, 0.1) is 11.4 Å². The van der Waals surface area contributed by atoms with Gasteiger partial charge in [0.15, 0.2) is 0 Å². The van der Waals surface area contributed by atoms with Crippen LogP contribution in [-0.2, 0) is 16.6 Å². The molecule has 0 aliphatic carbocycles. The summed E-state index contributed by atoms with van der Waals surface area (Å²) in [4.78, 5) is 2.14. The second-order valence-electron chi connectivity index (χ2n) is 7.23. The highest BCUT2D eigenvalue weighted by Gasteiger charge is 2.27. The lowest BCUT2D eigenvalue weighted by Gasteiger charge is -2.30. The van der Waals surface area contributed by atoms with Gasteiger partial charge in [-0.1, -0.05) is 36.4 Å². The Balaban J connectivity index is 1.64. The maximum absolute atomic E-state index is 12.9. The van der Waals surface area contributed by atoms with E-state index in [1.54, 1.807) is 24.3 Å². The monoisotopic (exact) mass is 427 g/mol. The maximum atomic E-state index is 12.9. The number of likely N-dealkylation sites (N-methyl/N-ethyl adjacent to an activating group) is 1. The van der Waals surface area contributed by atoms with Gasteiger partial charge < -0.3 is 4.74 Å². The number of rotatable bonds is 10. The molecule has 0 aromatic heterocycles. The molecule has 0 amide bonds. The summed E-state index contributed by atoms with van der Waals surface area (Å²) in [5.41, 5.74) is 2.24. The van der Waals surface area contributed by atoms with Crippen molar-refractivity contribution in [3.8, 4) is 5.75 Å². The summed E-state index contributed by atoms with van der Waals surface area (Å²) in [6.07, 6.45) is 7.51. The molecule has 2 aromatic carbocycles. The third kappa shape index (κ3) is 5.87. The van der Waals surface area contributed by atoms with Crippen molar-refractivity contribution in [1.29, 1.82) is 0 Å². The van der Waals surface area contributed by atoms with E-state index in [4.69, 9.17) is 4.74 Å². The first kappa shape index (κ1) is 21.9. The minimum atomic E-state index is -3.68. The minimum absolute atomic E-state index is 0.455. The second-order valence-corrected chi connectivity index (χ2v) is 8.83. The van der Waals surface area contributed by atoms with Crippen LogP contribution in [0.1, 0.15) is 12.0 Å². The number of fused-ring (bicyclic) bond motifs is 1. The fourth-order valence-corrected chi connectivity index (χ4v) is 4.70. The molecule has 0 bridgehead atoms. The lowest BCUT2D eigenvalue weighted by Crippen LogP contribution is -2.39. The zero-order chi connectivity index (χ0) is 21.4. The molecule has 0 saturated heterocycles. The SMILES string of the molecule is C=CCN(C)C/C=C/COc1ccc2c(c1)CCCN2S(=O)(=O)Nc1ccccc1. The fraction of sp³-hybridized carbons (Fsp3) is 0.304. The Bertz CT molecular complexity index is 974. The van der Waals surface area contributed by atoms with Crippen LogP contribution in [0.5, 0.6) is 5.75 Å². The topological polar surface area (TPSA) is 61.9 Å². The summed E-state index contributed by atoms with van der Waals surface area (Å²) in [5.74, 6) is 0.744. The third-order valence-electron chi connectivity index (χ3n) is 4.81. The minimum Gasteiger partial charge on any atom is -0.490 e. The van der Waals surface area contributed by atoms with E-state index in [-0.39, 0.29) is 0 Å². The van der Waals surface area contributed by atoms with Crippen molar-refractivity contribution in [1.82, 2.24) is 4.90 Å². The fourth-order valence-electron chi connectivity index (χ4n) is 3.35. The number of hydrogen-bond donors (Lipinski definition) is 1. The summed E-state index contributed by atoms with van der Waals surface area (Å²) < 4.78 is 35.7. The highest BCUT2D eigenvalue weighted by molar-refractivity contribution is 7.94. The van der Waals surface area contributed by atoms with E-state index in [0.29, 0.717) is 24.5 Å². The molecule has 0 spiro atoms. The quantitative estimate of drug-likeness (QED) is 0.585. The predicted molar refractivity (Wildman–Crippen MR) is 123 cm³/mol. The predicted octanol–water partition coefficient (Wildman–Crippen LogP) is 3.85. The Kier molecular flexibility index (Phi) is 7.54. The first-order valence-electron chi connectivity index (χ1n) is 10.1. The van der Waals surface area contributed by atoms with Crippen LogP contribution < -0.4 is 13.8 Å². The van der Waals surface area contributed by atoms with E-state index >= 15 is 0 Å². The van der Waals surface area contributed by atoms with Crippen LogP contribution in [-0.4, -0.2) is 46.6 Å². The number of anilines is 2. The van der Waals surface area contributed by atoms with Crippen molar-refractivity contribution >= 4 is 21.6 Å². The van der Waals surface area contributed by atoms with Crippen LogP contribution in [0.15, 0.2) is 73.3 Å². The van der Waals surface area contributed by atoms with Gasteiger partial charge in [0, 0.05) is 19.6 Å². The Hall–Kier alpha value is -2.77. The molecule has 6 nitrogen and oxygen atoms in total. The first-order chi connectivity index (χ1) is 14.5. The summed E-state index contributed by atoms with van der Waals surface area (Å²) >= 11 is 0. The molecule has 1 heterocycles. The smallest absolute Gasteiger partial charge is 0.323 e. The largest absolute Gasteiger partial charge is 0.490 e. The van der Waals surface area contributed by atoms with Crippen molar-refractivity contribution in [2.75, 3.05) is 42.3 Å². The van der Waals surface area contributed by atoms with Gasteiger partial charge in [-0.25, -0.2) is 0 Å². The zero-order valence-corrected chi connectivity index (χ0v) is 18.1. The van der Waals surface area contributed by atoms with Gasteiger partial charge in [-0.15, -0.1) is 6.58 Å². The maximum Gasteiger partial charge on any atom is 0.323 e. The van der Waals surface area contributed by atoms with E-state index in [9.17, 15) is 8.42 Å². The van der Waals surface area contributed by atoms with Crippen molar-refractivity contribution in [2.24, 2.45) is 0 Å². The van der Waals surface area contributed by atoms with Crippen molar-refractivity contribution in [2.45, 2.75) is 12.8 Å². The number of nitrogens with zero attached hydrogens (tertiary/aromatic N) is 2. The summed E-state index contributed by atoms with van der Waals surface area (Å²) in [6, 6.07) is 14.5. The van der Waals surface area contributed by atoms with Gasteiger partial charge >= 0.3 is 10.2 Å². The summed E-state index contributed by atoms with van der Waals surface area (Å²) in [7, 11) is -1.65. The molecule has 0 saturated carbocycles. The zero-order valence-electron chi connectivity index (χ0n) is 17.3. The van der Waals surface area contributed by atoms with Crippen molar-refractivity contribution in [3.63, 3.8) is 0 Å². The molecule has 0 fully saturated rings. The van der Waals surface area contributed by atoms with Gasteiger partial charge in [0.2, 0.25) is 0 Å². The van der Waals surface area contributed by atoms with E-state index in [2.05, 4.69) is 22.3 Å². The molecule has 3 rings (SSSR count). The van der Waals surface area contributed by atoms with Crippen LogP contribution in [0, 0.1) is 0 Å². The Morgan fingerprint density at radius 3 is 2.73 bits per heavy atom. The molecule has 160 valence electrons. The number of benzene rings is 2. The van der Waals surface area contributed by atoms with Crippen LogP contribution in [0.25, 0.3) is 0 Å². The summed E-state index contributed by atoms with van der Waals surface area (Å²) in [5, 5.41) is 0. The Labute approximate surface area is 179 Å². The molecule has 2 aromatic rings. The number of ether oxygens (including phenoxy) is 1. The van der Waals surface area contributed by atoms with Gasteiger partial charge in [-0.3, -0.25) is 13.9 Å². The van der Waals surface area contributed by atoms with Crippen molar-refractivity contribution < 1.29 is 13.2 Å². The molecule has 7 heteroatoms. The van der Waals surface area contributed by atoms with Crippen LogP contribution in [0.4, 0.5) is 11.4 Å². The van der Waals surface area contributed by atoms with Crippen LogP contribution in [0.3, 0.4) is 0 Å². The Morgan fingerprint density at radius 1 is 1.17 bits per heavy atom. The van der Waals surface area contributed by atoms with Crippen molar-refractivity contribution in [3.05, 3.63) is 78.9 Å². The number of nitrogens with one attached hydrogen (secondary N) is 1. The number of hydrogen-bond acceptors (Lipinski definition) is 4. The number of para-hydroxylation sites is 1. The van der Waals surface area contributed by atoms with Gasteiger partial charge in [0.25, 0.3) is 0 Å². The molecular formula is C23H29N3O3S. The van der Waals surface area contributed by atoms with Gasteiger partial charge in [0.1, 0.15) is 12.4 Å². The highest BCUT2D eigenvalue weighted by atomic mass is 32.2. The molecule has 0 unspecified atom stereocenters. The van der Waals surface area contributed by atoms with E-state index in [1.807, 2.05) is 43.5 Å². The first-order valence-corrected chi connectivity index (χ1v) is 11.5. The van der Waals surface area contributed by atoms with Crippen LogP contribution >= 0.6 is 0 Å². The molecule has 30 heavy (non-hydrogen) atoms. The average molecular weight is 428 g/mol. The van der Waals surface area contributed by atoms with Gasteiger partial charge in [-0.2, -0.15) is 8.42 Å². The standard InChI is InChI=1S/C23H29N3O3S/c1-3-15-25(2)16-7-8-18-29-22-13-14-23-20(19-22)10-9-17-26(23)30(27,28)24-21-11-5-4-6-12-21/h3-8,11-14,19,24H,1,9-10,15-18H2,2H3/b8-7+. The van der Waals surface area contributed by atoms with E-state index < -0.39 is 10.2 Å². The lowest BCUT2D eigenvalue weighted by atomic mass is 10.0. The molecule has 0 radical (unpaired) electrons. The third-order valence-corrected chi connectivity index (χ3v) is 6.26.